The van der Waals surface area contributed by atoms with Gasteiger partial charge in [0.25, 0.3) is 0 Å². The van der Waals surface area contributed by atoms with Crippen LogP contribution in [-0.2, 0) is 0 Å². The Morgan fingerprint density at radius 1 is 1.17 bits per heavy atom. The van der Waals surface area contributed by atoms with E-state index in [0.717, 1.165) is 11.3 Å². The van der Waals surface area contributed by atoms with Crippen LogP contribution in [0.2, 0.25) is 10.0 Å². The van der Waals surface area contributed by atoms with Gasteiger partial charge in [-0.15, -0.1) is 11.3 Å². The number of hydrogen-bond donors (Lipinski definition) is 0. The van der Waals surface area contributed by atoms with Crippen molar-refractivity contribution in [3.63, 3.8) is 0 Å². The summed E-state index contributed by atoms with van der Waals surface area (Å²) in [5.41, 5.74) is 2.24. The molecule has 0 fully saturated rings. The monoisotopic (exact) mass is 379 g/mol. The van der Waals surface area contributed by atoms with E-state index in [9.17, 15) is 4.39 Å². The fourth-order valence-electron chi connectivity index (χ4n) is 2.16. The Kier molecular flexibility index (Phi) is 5.14. The lowest BCUT2D eigenvalue weighted by Crippen LogP contribution is -2.11. The minimum Gasteiger partial charge on any atom is -0.261 e. The lowest BCUT2D eigenvalue weighted by atomic mass is 10.2. The molecule has 0 spiro atoms. The molecular weight excluding hydrogens is 368 g/mol. The first-order chi connectivity index (χ1) is 11.6. The highest BCUT2D eigenvalue weighted by Crippen LogP contribution is 2.30. The summed E-state index contributed by atoms with van der Waals surface area (Å²) >= 11 is 13.7. The zero-order chi connectivity index (χ0) is 17.1. The van der Waals surface area contributed by atoms with Gasteiger partial charge in [-0.05, 0) is 35.9 Å². The predicted molar refractivity (Wildman–Crippen MR) is 98.6 cm³/mol. The van der Waals surface area contributed by atoms with Gasteiger partial charge < -0.3 is 0 Å². The fourth-order valence-corrected chi connectivity index (χ4v) is 3.46. The van der Waals surface area contributed by atoms with Gasteiger partial charge in [-0.2, -0.15) is 5.10 Å². The predicted octanol–water partition coefficient (Wildman–Crippen LogP) is 5.08. The molecule has 1 aromatic heterocycles. The maximum Gasteiger partial charge on any atom is 0.205 e. The maximum absolute atomic E-state index is 13.3. The minimum absolute atomic E-state index is 0.310. The van der Waals surface area contributed by atoms with Crippen molar-refractivity contribution in [1.29, 1.82) is 0 Å². The Morgan fingerprint density at radius 2 is 2.00 bits per heavy atom. The molecule has 0 aliphatic carbocycles. The second-order valence-electron chi connectivity index (χ2n) is 4.86. The van der Waals surface area contributed by atoms with Crippen LogP contribution in [-0.4, -0.2) is 17.9 Å². The highest BCUT2D eigenvalue weighted by molar-refractivity contribution is 7.07. The molecule has 0 saturated carbocycles. The third-order valence-corrected chi connectivity index (χ3v) is 4.71. The molecule has 122 valence electrons. The van der Waals surface area contributed by atoms with Gasteiger partial charge in [0.15, 0.2) is 0 Å². The van der Waals surface area contributed by atoms with Crippen LogP contribution in [0, 0.1) is 5.82 Å². The Labute approximate surface area is 152 Å². The first-order valence-corrected chi connectivity index (χ1v) is 8.61. The second kappa shape index (κ2) is 7.30. The summed E-state index contributed by atoms with van der Waals surface area (Å²) in [7, 11) is 1.69. The van der Waals surface area contributed by atoms with Crippen LogP contribution in [0.25, 0.3) is 11.3 Å². The molecule has 0 amide bonds. The van der Waals surface area contributed by atoms with Crippen LogP contribution in [0.5, 0.6) is 0 Å². The van der Waals surface area contributed by atoms with Crippen molar-refractivity contribution in [1.82, 2.24) is 4.68 Å². The van der Waals surface area contributed by atoms with E-state index in [1.54, 1.807) is 42.2 Å². The number of halogens is 3. The standard InChI is InChI=1S/C17H12Cl2FN3S/c1-21-17-23(22-9-11-3-2-4-13(20)7-11)16(10-24-17)14-6-5-12(18)8-15(14)19/h2-10H,1H3. The zero-order valence-corrected chi connectivity index (χ0v) is 14.9. The number of hydrogen-bond acceptors (Lipinski definition) is 3. The maximum atomic E-state index is 13.3. The Balaban J connectivity index is 2.09. The smallest absolute Gasteiger partial charge is 0.205 e. The van der Waals surface area contributed by atoms with Crippen molar-refractivity contribution in [2.24, 2.45) is 10.1 Å². The van der Waals surface area contributed by atoms with Crippen LogP contribution >= 0.6 is 34.5 Å². The molecule has 3 nitrogen and oxygen atoms in total. The SMILES string of the molecule is CN=c1scc(-c2ccc(Cl)cc2Cl)n1N=Cc1cccc(F)c1. The summed E-state index contributed by atoms with van der Waals surface area (Å²) in [5.74, 6) is -0.310. The van der Waals surface area contributed by atoms with E-state index < -0.39 is 0 Å². The van der Waals surface area contributed by atoms with Gasteiger partial charge in [0, 0.05) is 23.0 Å². The van der Waals surface area contributed by atoms with Gasteiger partial charge in [0.1, 0.15) is 5.82 Å². The van der Waals surface area contributed by atoms with Crippen molar-refractivity contribution in [2.45, 2.75) is 0 Å². The topological polar surface area (TPSA) is 29.6 Å². The van der Waals surface area contributed by atoms with E-state index in [-0.39, 0.29) is 5.82 Å². The quantitative estimate of drug-likeness (QED) is 0.568. The molecule has 0 unspecified atom stereocenters. The van der Waals surface area contributed by atoms with Crippen molar-refractivity contribution in [3.8, 4) is 11.3 Å². The van der Waals surface area contributed by atoms with Gasteiger partial charge in [-0.3, -0.25) is 4.99 Å². The van der Waals surface area contributed by atoms with Crippen LogP contribution in [0.4, 0.5) is 4.39 Å². The van der Waals surface area contributed by atoms with Crippen LogP contribution in [0.3, 0.4) is 0 Å². The van der Waals surface area contributed by atoms with Crippen molar-refractivity contribution >= 4 is 40.8 Å². The molecule has 0 radical (unpaired) electrons. The molecule has 0 N–H and O–H groups in total. The Morgan fingerprint density at radius 3 is 2.71 bits per heavy atom. The fraction of sp³-hybridized carbons (Fsp3) is 0.0588. The second-order valence-corrected chi connectivity index (χ2v) is 6.54. The van der Waals surface area contributed by atoms with Gasteiger partial charge in [-0.1, -0.05) is 35.3 Å². The Bertz CT molecular complexity index is 976. The van der Waals surface area contributed by atoms with Gasteiger partial charge in [-0.25, -0.2) is 9.07 Å². The largest absolute Gasteiger partial charge is 0.261 e. The normalized spacial score (nSPS) is 12.2. The lowest BCUT2D eigenvalue weighted by Gasteiger charge is -2.06. The summed E-state index contributed by atoms with van der Waals surface area (Å²) in [6.45, 7) is 0. The number of aromatic nitrogens is 1. The van der Waals surface area contributed by atoms with E-state index in [4.69, 9.17) is 23.2 Å². The number of thiazole rings is 1. The van der Waals surface area contributed by atoms with E-state index in [0.29, 0.717) is 20.4 Å². The van der Waals surface area contributed by atoms with Crippen molar-refractivity contribution < 1.29 is 4.39 Å². The average molecular weight is 380 g/mol. The molecule has 24 heavy (non-hydrogen) atoms. The summed E-state index contributed by atoms with van der Waals surface area (Å²) in [6, 6.07) is 11.5. The highest BCUT2D eigenvalue weighted by atomic mass is 35.5. The molecule has 3 rings (SSSR count). The molecule has 0 saturated heterocycles. The summed E-state index contributed by atoms with van der Waals surface area (Å²) in [4.78, 5) is 4.92. The van der Waals surface area contributed by atoms with Crippen molar-refractivity contribution in [3.05, 3.63) is 74.1 Å². The summed E-state index contributed by atoms with van der Waals surface area (Å²) < 4.78 is 15.0. The third kappa shape index (κ3) is 3.59. The van der Waals surface area contributed by atoms with Gasteiger partial charge in [0.05, 0.1) is 16.9 Å². The molecular formula is C17H12Cl2FN3S. The van der Waals surface area contributed by atoms with Crippen LogP contribution < -0.4 is 4.80 Å². The number of benzene rings is 2. The van der Waals surface area contributed by atoms with Crippen molar-refractivity contribution in [2.75, 3.05) is 7.05 Å². The molecule has 7 heteroatoms. The molecule has 0 atom stereocenters. The first-order valence-electron chi connectivity index (χ1n) is 6.97. The molecule has 3 aromatic rings. The molecule has 0 bridgehead atoms. The molecule has 0 aliphatic rings. The minimum atomic E-state index is -0.310. The highest BCUT2D eigenvalue weighted by Gasteiger charge is 2.11. The van der Waals surface area contributed by atoms with E-state index in [2.05, 4.69) is 10.1 Å². The Hall–Kier alpha value is -1.95. The number of rotatable bonds is 3. The average Bonchev–Trinajstić information content (AvgIpc) is 2.95. The van der Waals surface area contributed by atoms with E-state index in [1.807, 2.05) is 11.4 Å². The number of nitrogens with zero attached hydrogens (tertiary/aromatic N) is 3. The van der Waals surface area contributed by atoms with Crippen LogP contribution in [0.15, 0.2) is 57.9 Å². The van der Waals surface area contributed by atoms with E-state index >= 15 is 0 Å². The first kappa shape index (κ1) is 16.9. The molecule has 0 aliphatic heterocycles. The molecule has 1 heterocycles. The van der Waals surface area contributed by atoms with Crippen LogP contribution in [0.1, 0.15) is 5.56 Å². The van der Waals surface area contributed by atoms with E-state index in [1.165, 1.54) is 23.5 Å². The molecule has 2 aromatic carbocycles. The zero-order valence-electron chi connectivity index (χ0n) is 12.6. The third-order valence-electron chi connectivity index (χ3n) is 3.25. The van der Waals surface area contributed by atoms with Gasteiger partial charge in [0.2, 0.25) is 4.80 Å². The summed E-state index contributed by atoms with van der Waals surface area (Å²) in [5, 5.41) is 7.45. The lowest BCUT2D eigenvalue weighted by molar-refractivity contribution is 0.627. The van der Waals surface area contributed by atoms with Gasteiger partial charge >= 0.3 is 0 Å². The summed E-state index contributed by atoms with van der Waals surface area (Å²) in [6.07, 6.45) is 1.58.